The van der Waals surface area contributed by atoms with Crippen LogP contribution in [-0.4, -0.2) is 57.7 Å². The average molecular weight is 641 g/mol. The van der Waals surface area contributed by atoms with Gasteiger partial charge in [0.05, 0.1) is 25.9 Å². The molecule has 0 aliphatic heterocycles. The highest BCUT2D eigenvalue weighted by atomic mass is 32.2. The predicted molar refractivity (Wildman–Crippen MR) is 160 cm³/mol. The first-order chi connectivity index (χ1) is 19.4. The van der Waals surface area contributed by atoms with Crippen molar-refractivity contribution in [2.45, 2.75) is 20.8 Å². The first-order valence-electron chi connectivity index (χ1n) is 12.3. The van der Waals surface area contributed by atoms with E-state index < -0.39 is 30.4 Å². The number of hydrogen-bond donors (Lipinski definition) is 0. The first kappa shape index (κ1) is 32.8. The Hall–Kier alpha value is -3.75. The standard InChI is InChI=1S/C28H32O11S3/c1-18(2)14-15-36-24-13-10-21(17-25(24)38-41(6,31)32)26-19(3)16-23(27(35-4)28(26)39-42(7,33)34)20-8-11-22(12-9-20)37-40(5,29)30/h8-14,16-17H,15H2,1-7H3. The summed E-state index contributed by atoms with van der Waals surface area (Å²) in [5.74, 6) is 0.0602. The van der Waals surface area contributed by atoms with Crippen molar-refractivity contribution in [1.29, 1.82) is 0 Å². The lowest BCUT2D eigenvalue weighted by Gasteiger charge is -2.21. The molecule has 0 aliphatic carbocycles. The molecule has 0 N–H and O–H groups in total. The molecule has 0 amide bonds. The second kappa shape index (κ2) is 12.6. The van der Waals surface area contributed by atoms with Crippen molar-refractivity contribution in [1.82, 2.24) is 0 Å². The smallest absolute Gasteiger partial charge is 0.306 e. The van der Waals surface area contributed by atoms with E-state index in [2.05, 4.69) is 0 Å². The SMILES string of the molecule is COc1c(-c2ccc(OS(C)(=O)=O)cc2)cc(C)c(-c2ccc(OCC=C(C)C)c(OS(C)(=O)=O)c2)c1OS(C)(=O)=O. The Bertz CT molecular complexity index is 1820. The average Bonchev–Trinajstić information content (AvgIpc) is 2.82. The Morgan fingerprint density at radius 2 is 1.29 bits per heavy atom. The van der Waals surface area contributed by atoms with Gasteiger partial charge in [0.2, 0.25) is 0 Å². The fraction of sp³-hybridized carbons (Fsp3) is 0.286. The highest BCUT2D eigenvalue weighted by Gasteiger charge is 2.25. The van der Waals surface area contributed by atoms with E-state index in [9.17, 15) is 25.3 Å². The number of rotatable bonds is 12. The van der Waals surface area contributed by atoms with Gasteiger partial charge in [0.15, 0.2) is 23.0 Å². The lowest BCUT2D eigenvalue weighted by Crippen LogP contribution is -2.10. The topological polar surface area (TPSA) is 149 Å². The summed E-state index contributed by atoms with van der Waals surface area (Å²) >= 11 is 0. The Kier molecular flexibility index (Phi) is 9.85. The second-order valence-electron chi connectivity index (χ2n) is 9.62. The highest BCUT2D eigenvalue weighted by molar-refractivity contribution is 7.86. The summed E-state index contributed by atoms with van der Waals surface area (Å²) in [5.41, 5.74) is 3.19. The number of benzene rings is 3. The Labute approximate surface area is 247 Å². The molecule has 3 aromatic carbocycles. The van der Waals surface area contributed by atoms with Crippen molar-refractivity contribution < 1.29 is 47.3 Å². The molecule has 3 rings (SSSR count). The van der Waals surface area contributed by atoms with Crippen LogP contribution in [0.4, 0.5) is 0 Å². The fourth-order valence-electron chi connectivity index (χ4n) is 3.95. The number of methoxy groups -OCH3 is 1. The van der Waals surface area contributed by atoms with Crippen LogP contribution in [0.5, 0.6) is 28.7 Å². The van der Waals surface area contributed by atoms with E-state index >= 15 is 0 Å². The molecule has 11 nitrogen and oxygen atoms in total. The molecule has 0 aromatic heterocycles. The monoisotopic (exact) mass is 640 g/mol. The van der Waals surface area contributed by atoms with Crippen LogP contribution in [0.25, 0.3) is 22.3 Å². The van der Waals surface area contributed by atoms with Crippen molar-refractivity contribution in [2.24, 2.45) is 0 Å². The second-order valence-corrected chi connectivity index (χ2v) is 14.3. The summed E-state index contributed by atoms with van der Waals surface area (Å²) in [7, 11) is -10.4. The first-order valence-corrected chi connectivity index (χ1v) is 17.7. The largest absolute Gasteiger partial charge is 0.492 e. The van der Waals surface area contributed by atoms with Gasteiger partial charge in [-0.1, -0.05) is 23.8 Å². The van der Waals surface area contributed by atoms with Crippen LogP contribution in [0.3, 0.4) is 0 Å². The highest BCUT2D eigenvalue weighted by Crippen LogP contribution is 2.49. The molecular formula is C28H32O11S3. The minimum Gasteiger partial charge on any atom is -0.492 e. The third kappa shape index (κ3) is 9.13. The van der Waals surface area contributed by atoms with Crippen LogP contribution in [-0.2, 0) is 30.4 Å². The zero-order valence-electron chi connectivity index (χ0n) is 24.1. The molecule has 0 fully saturated rings. The predicted octanol–water partition coefficient (Wildman–Crippen LogP) is 4.70. The van der Waals surface area contributed by atoms with Gasteiger partial charge in [0.25, 0.3) is 0 Å². The van der Waals surface area contributed by atoms with Gasteiger partial charge < -0.3 is 22.0 Å². The van der Waals surface area contributed by atoms with Crippen molar-refractivity contribution in [3.63, 3.8) is 0 Å². The van der Waals surface area contributed by atoms with Gasteiger partial charge in [-0.25, -0.2) is 0 Å². The van der Waals surface area contributed by atoms with E-state index in [1.54, 1.807) is 31.2 Å². The Morgan fingerprint density at radius 3 is 1.81 bits per heavy atom. The van der Waals surface area contributed by atoms with E-state index in [0.717, 1.165) is 24.3 Å². The molecule has 0 radical (unpaired) electrons. The zero-order chi connectivity index (χ0) is 31.5. The number of aryl methyl sites for hydroxylation is 1. The fourth-order valence-corrected chi connectivity index (χ4v) is 5.33. The molecule has 0 saturated heterocycles. The molecule has 0 saturated carbocycles. The molecule has 0 heterocycles. The van der Waals surface area contributed by atoms with Crippen LogP contribution in [0.1, 0.15) is 19.4 Å². The minimum atomic E-state index is -4.08. The van der Waals surface area contributed by atoms with Gasteiger partial charge in [-0.2, -0.15) is 25.3 Å². The summed E-state index contributed by atoms with van der Waals surface area (Å²) in [6.45, 7) is 5.66. The summed E-state index contributed by atoms with van der Waals surface area (Å²) in [6, 6.07) is 12.3. The molecule has 42 heavy (non-hydrogen) atoms. The molecule has 14 heteroatoms. The lowest BCUT2D eigenvalue weighted by molar-refractivity contribution is 0.347. The van der Waals surface area contributed by atoms with Gasteiger partial charge in [0, 0.05) is 11.1 Å². The van der Waals surface area contributed by atoms with Gasteiger partial charge in [-0.3, -0.25) is 0 Å². The maximum absolute atomic E-state index is 12.4. The van der Waals surface area contributed by atoms with Crippen molar-refractivity contribution in [3.8, 4) is 51.0 Å². The van der Waals surface area contributed by atoms with Gasteiger partial charge >= 0.3 is 30.4 Å². The van der Waals surface area contributed by atoms with Crippen LogP contribution in [0.2, 0.25) is 0 Å². The minimum absolute atomic E-state index is 0.0623. The molecule has 0 spiro atoms. The van der Waals surface area contributed by atoms with Crippen LogP contribution in [0, 0.1) is 6.92 Å². The van der Waals surface area contributed by atoms with E-state index in [0.29, 0.717) is 27.8 Å². The third-order valence-corrected chi connectivity index (χ3v) is 6.94. The molecule has 0 aliphatic rings. The summed E-state index contributed by atoms with van der Waals surface area (Å²) < 4.78 is 98.8. The van der Waals surface area contributed by atoms with E-state index in [-0.39, 0.29) is 35.4 Å². The number of hydrogen-bond acceptors (Lipinski definition) is 11. The van der Waals surface area contributed by atoms with E-state index in [1.807, 2.05) is 19.9 Å². The van der Waals surface area contributed by atoms with Crippen molar-refractivity contribution in [3.05, 3.63) is 65.7 Å². The normalized spacial score (nSPS) is 11.9. The van der Waals surface area contributed by atoms with Crippen molar-refractivity contribution in [2.75, 3.05) is 32.5 Å². The van der Waals surface area contributed by atoms with Gasteiger partial charge in [0.1, 0.15) is 12.4 Å². The van der Waals surface area contributed by atoms with Crippen LogP contribution >= 0.6 is 0 Å². The zero-order valence-corrected chi connectivity index (χ0v) is 26.6. The Morgan fingerprint density at radius 1 is 0.714 bits per heavy atom. The Balaban J connectivity index is 2.25. The molecule has 3 aromatic rings. The molecule has 0 bridgehead atoms. The molecular weight excluding hydrogens is 608 g/mol. The van der Waals surface area contributed by atoms with Crippen LogP contribution < -0.4 is 22.0 Å². The quantitative estimate of drug-likeness (QED) is 0.200. The van der Waals surface area contributed by atoms with E-state index in [1.165, 1.54) is 31.4 Å². The summed E-state index contributed by atoms with van der Waals surface area (Å²) in [6.07, 6.45) is 4.51. The number of allylic oxidation sites excluding steroid dienone is 1. The third-order valence-electron chi connectivity index (χ3n) is 5.49. The van der Waals surface area contributed by atoms with Gasteiger partial charge in [-0.15, -0.1) is 0 Å². The maximum Gasteiger partial charge on any atom is 0.306 e. The maximum atomic E-state index is 12.4. The molecule has 228 valence electrons. The molecule has 0 atom stereocenters. The summed E-state index contributed by atoms with van der Waals surface area (Å²) in [4.78, 5) is 0. The lowest BCUT2D eigenvalue weighted by atomic mass is 9.93. The van der Waals surface area contributed by atoms with Crippen LogP contribution in [0.15, 0.2) is 60.2 Å². The van der Waals surface area contributed by atoms with Crippen molar-refractivity contribution >= 4 is 30.4 Å². The number of ether oxygens (including phenoxy) is 2. The summed E-state index contributed by atoms with van der Waals surface area (Å²) in [5, 5.41) is 0. The molecule has 0 unspecified atom stereocenters. The van der Waals surface area contributed by atoms with E-state index in [4.69, 9.17) is 22.0 Å². The van der Waals surface area contributed by atoms with Gasteiger partial charge in [-0.05, 0) is 73.9 Å².